The number of guanidine groups is 1. The maximum Gasteiger partial charge on any atom is 0.326 e. The second-order valence-electron chi connectivity index (χ2n) is 7.59. The summed E-state index contributed by atoms with van der Waals surface area (Å²) in [6, 6.07) is -3.41. The van der Waals surface area contributed by atoms with Crippen LogP contribution in [0, 0.1) is 5.92 Å². The molecule has 0 saturated heterocycles. The van der Waals surface area contributed by atoms with Crippen molar-refractivity contribution in [1.29, 1.82) is 0 Å². The van der Waals surface area contributed by atoms with Gasteiger partial charge in [0.2, 0.25) is 23.6 Å². The summed E-state index contributed by atoms with van der Waals surface area (Å²) in [5.74, 6) is -4.25. The maximum atomic E-state index is 12.5. The van der Waals surface area contributed by atoms with E-state index in [0.29, 0.717) is 6.42 Å². The Balaban J connectivity index is 4.81. The molecule has 0 heterocycles. The highest BCUT2D eigenvalue weighted by Crippen LogP contribution is 2.06. The molecule has 0 fully saturated rings. The number of amides is 4. The number of nitrogens with one attached hydrogen (secondary N) is 3. The summed E-state index contributed by atoms with van der Waals surface area (Å²) in [6.07, 6.45) is 0.250. The van der Waals surface area contributed by atoms with Crippen LogP contribution in [0.4, 0.5) is 0 Å². The number of carbonyl (C=O) groups excluding carboxylic acids is 4. The lowest BCUT2D eigenvalue weighted by atomic mass is 10.0. The molecule has 12 N–H and O–H groups in total. The minimum Gasteiger partial charge on any atom is -0.480 e. The summed E-state index contributed by atoms with van der Waals surface area (Å²) in [4.78, 5) is 62.6. The lowest BCUT2D eigenvalue weighted by molar-refractivity contribution is -0.142. The van der Waals surface area contributed by atoms with E-state index < -0.39 is 54.3 Å². The smallest absolute Gasteiger partial charge is 0.326 e. The number of hydrogen-bond acceptors (Lipinski definition) is 7. The van der Waals surface area contributed by atoms with Crippen LogP contribution < -0.4 is 38.9 Å². The molecule has 0 aromatic heterocycles. The van der Waals surface area contributed by atoms with Crippen molar-refractivity contribution in [1.82, 2.24) is 16.0 Å². The summed E-state index contributed by atoms with van der Waals surface area (Å²) in [6.45, 7) is 3.34. The van der Waals surface area contributed by atoms with E-state index in [1.54, 1.807) is 0 Å². The second-order valence-corrected chi connectivity index (χ2v) is 7.59. The summed E-state index contributed by atoms with van der Waals surface area (Å²) in [5, 5.41) is 16.3. The molecule has 182 valence electrons. The highest BCUT2D eigenvalue weighted by molar-refractivity contribution is 5.93. The number of aliphatic carboxylic acids is 1. The second kappa shape index (κ2) is 14.6. The molecule has 3 atom stereocenters. The first-order valence-corrected chi connectivity index (χ1v) is 10.0. The molecule has 14 heteroatoms. The maximum absolute atomic E-state index is 12.5. The topological polar surface area (TPSA) is 258 Å². The lowest BCUT2D eigenvalue weighted by Gasteiger charge is -2.22. The number of carboxylic acid groups (broad SMARTS) is 1. The van der Waals surface area contributed by atoms with Crippen molar-refractivity contribution >= 4 is 35.6 Å². The zero-order chi connectivity index (χ0) is 24.8. The molecular weight excluding hydrogens is 424 g/mol. The molecule has 0 aliphatic rings. The van der Waals surface area contributed by atoms with Crippen LogP contribution in [-0.2, 0) is 24.0 Å². The fourth-order valence-corrected chi connectivity index (χ4v) is 2.59. The van der Waals surface area contributed by atoms with Crippen molar-refractivity contribution in [2.75, 3.05) is 13.1 Å². The summed E-state index contributed by atoms with van der Waals surface area (Å²) in [5.41, 5.74) is 21.0. The van der Waals surface area contributed by atoms with Crippen LogP contribution >= 0.6 is 0 Å². The molecule has 3 unspecified atom stereocenters. The van der Waals surface area contributed by atoms with Crippen LogP contribution in [0.25, 0.3) is 0 Å². The van der Waals surface area contributed by atoms with E-state index in [0.717, 1.165) is 0 Å². The Kier molecular flexibility index (Phi) is 13.0. The molecule has 0 rings (SSSR count). The van der Waals surface area contributed by atoms with Gasteiger partial charge in [-0.25, -0.2) is 4.79 Å². The Morgan fingerprint density at radius 3 is 2.09 bits per heavy atom. The number of nitrogens with zero attached hydrogens (tertiary/aromatic N) is 1. The van der Waals surface area contributed by atoms with E-state index in [4.69, 9.17) is 22.9 Å². The van der Waals surface area contributed by atoms with Gasteiger partial charge in [-0.05, 0) is 25.2 Å². The Labute approximate surface area is 185 Å². The van der Waals surface area contributed by atoms with Crippen LogP contribution in [0.5, 0.6) is 0 Å². The van der Waals surface area contributed by atoms with Crippen molar-refractivity contribution in [3.8, 4) is 0 Å². The van der Waals surface area contributed by atoms with Crippen molar-refractivity contribution in [2.45, 2.75) is 57.7 Å². The minimum atomic E-state index is -1.25. The molecule has 32 heavy (non-hydrogen) atoms. The predicted molar refractivity (Wildman–Crippen MR) is 116 cm³/mol. The SMILES string of the molecule is CC(C)CC(NC(=O)C(N)CC(N)=O)C(=O)NCC(=O)NC(CCCN=C(N)N)C(=O)O. The number of carbonyl (C=O) groups is 5. The van der Waals surface area contributed by atoms with Crippen LogP contribution in [0.3, 0.4) is 0 Å². The third-order valence-electron chi connectivity index (χ3n) is 4.10. The number of hydrogen-bond donors (Lipinski definition) is 8. The standard InChI is InChI=1S/C18H34N8O6/c1-9(2)6-12(26-15(29)10(19)7-13(20)27)16(30)24-8-14(28)25-11(17(31)32)4-3-5-23-18(21)22/h9-12H,3-8,19H2,1-2H3,(H2,20,27)(H,24,30)(H,25,28)(H,26,29)(H,31,32)(H4,21,22,23). The van der Waals surface area contributed by atoms with Gasteiger partial charge in [0, 0.05) is 6.54 Å². The quantitative estimate of drug-likeness (QED) is 0.0685. The Morgan fingerprint density at radius 2 is 1.59 bits per heavy atom. The van der Waals surface area contributed by atoms with Crippen molar-refractivity contribution in [3.63, 3.8) is 0 Å². The largest absolute Gasteiger partial charge is 0.480 e. The predicted octanol–water partition coefficient (Wildman–Crippen LogP) is -3.54. The lowest BCUT2D eigenvalue weighted by Crippen LogP contribution is -2.54. The molecule has 14 nitrogen and oxygen atoms in total. The van der Waals surface area contributed by atoms with Gasteiger partial charge in [0.05, 0.1) is 19.0 Å². The first kappa shape index (κ1) is 28.6. The first-order chi connectivity index (χ1) is 14.8. The fraction of sp³-hybridized carbons (Fsp3) is 0.667. The van der Waals surface area contributed by atoms with Gasteiger partial charge in [0.25, 0.3) is 0 Å². The van der Waals surface area contributed by atoms with Crippen LogP contribution in [0.15, 0.2) is 4.99 Å². The molecule has 0 saturated carbocycles. The summed E-state index contributed by atoms with van der Waals surface area (Å²) in [7, 11) is 0. The van der Waals surface area contributed by atoms with Gasteiger partial charge in [-0.2, -0.15) is 0 Å². The molecule has 0 aliphatic heterocycles. The Bertz CT molecular complexity index is 708. The average molecular weight is 459 g/mol. The van der Waals surface area contributed by atoms with Gasteiger partial charge in [0.15, 0.2) is 5.96 Å². The van der Waals surface area contributed by atoms with Gasteiger partial charge in [-0.3, -0.25) is 24.2 Å². The molecule has 0 spiro atoms. The highest BCUT2D eigenvalue weighted by atomic mass is 16.4. The van der Waals surface area contributed by atoms with Gasteiger partial charge >= 0.3 is 5.97 Å². The number of carboxylic acids is 1. The summed E-state index contributed by atoms with van der Waals surface area (Å²) < 4.78 is 0. The molecule has 4 amide bonds. The third-order valence-corrected chi connectivity index (χ3v) is 4.10. The van der Waals surface area contributed by atoms with Crippen molar-refractivity contribution in [3.05, 3.63) is 0 Å². The van der Waals surface area contributed by atoms with E-state index in [9.17, 15) is 29.1 Å². The highest BCUT2D eigenvalue weighted by Gasteiger charge is 2.26. The van der Waals surface area contributed by atoms with Crippen LogP contribution in [0.2, 0.25) is 0 Å². The van der Waals surface area contributed by atoms with E-state index in [2.05, 4.69) is 20.9 Å². The van der Waals surface area contributed by atoms with E-state index in [1.807, 2.05) is 13.8 Å². The number of primary amides is 1. The number of nitrogens with two attached hydrogens (primary N) is 4. The van der Waals surface area contributed by atoms with Gasteiger partial charge in [-0.1, -0.05) is 13.8 Å². The van der Waals surface area contributed by atoms with E-state index in [1.165, 1.54) is 0 Å². The van der Waals surface area contributed by atoms with Gasteiger partial charge < -0.3 is 44.0 Å². The Hall–Kier alpha value is -3.42. The third kappa shape index (κ3) is 13.0. The molecular formula is C18H34N8O6. The fourth-order valence-electron chi connectivity index (χ4n) is 2.59. The van der Waals surface area contributed by atoms with Crippen LogP contribution in [-0.4, -0.2) is 71.9 Å². The molecule has 0 aromatic carbocycles. The molecule has 0 bridgehead atoms. The van der Waals surface area contributed by atoms with E-state index >= 15 is 0 Å². The molecule has 0 aromatic rings. The van der Waals surface area contributed by atoms with Gasteiger partial charge in [-0.15, -0.1) is 0 Å². The first-order valence-electron chi connectivity index (χ1n) is 10.0. The van der Waals surface area contributed by atoms with Crippen LogP contribution in [0.1, 0.15) is 39.5 Å². The Morgan fingerprint density at radius 1 is 0.969 bits per heavy atom. The zero-order valence-electron chi connectivity index (χ0n) is 18.3. The zero-order valence-corrected chi connectivity index (χ0v) is 18.3. The normalized spacial score (nSPS) is 13.4. The average Bonchev–Trinajstić information content (AvgIpc) is 2.66. The number of rotatable bonds is 15. The summed E-state index contributed by atoms with van der Waals surface area (Å²) >= 11 is 0. The van der Waals surface area contributed by atoms with Gasteiger partial charge in [0.1, 0.15) is 12.1 Å². The van der Waals surface area contributed by atoms with Crippen molar-refractivity contribution < 1.29 is 29.1 Å². The molecule has 0 aliphatic carbocycles. The van der Waals surface area contributed by atoms with E-state index in [-0.39, 0.29) is 37.7 Å². The van der Waals surface area contributed by atoms with Crippen molar-refractivity contribution in [2.24, 2.45) is 33.8 Å². The monoisotopic (exact) mass is 458 g/mol. The minimum absolute atomic E-state index is 0.00819. The molecule has 0 radical (unpaired) electrons. The number of aliphatic imine (C=N–C) groups is 1.